The number of hydrogen-bond acceptors (Lipinski definition) is 3. The molecular formula is C8H8N4S. The Labute approximate surface area is 80.0 Å². The highest BCUT2D eigenvalue weighted by Gasteiger charge is 2.00. The Bertz CT molecular complexity index is 471. The fourth-order valence-corrected chi connectivity index (χ4v) is 1.24. The molecule has 0 aliphatic rings. The highest BCUT2D eigenvalue weighted by Crippen LogP contribution is 2.12. The van der Waals surface area contributed by atoms with E-state index in [0.717, 1.165) is 17.1 Å². The summed E-state index contributed by atoms with van der Waals surface area (Å²) in [5, 5.41) is 5.63. The molecule has 0 saturated carbocycles. The van der Waals surface area contributed by atoms with Crippen LogP contribution in [0, 0.1) is 11.7 Å². The van der Waals surface area contributed by atoms with Crippen LogP contribution in [-0.4, -0.2) is 20.2 Å². The topological polar surface area (TPSA) is 57.4 Å². The highest BCUT2D eigenvalue weighted by atomic mass is 32.1. The van der Waals surface area contributed by atoms with Crippen LogP contribution in [0.3, 0.4) is 0 Å². The third-order valence-electron chi connectivity index (χ3n) is 1.67. The standard InChI is InChI=1S/C8H8N4S/c1-5-4-6(2-3-9-5)7-10-8(13)12-11-7/h2-4H,1H3,(H2,10,11,12,13). The Kier molecular flexibility index (Phi) is 1.94. The fraction of sp³-hybridized carbons (Fsp3) is 0.125. The van der Waals surface area contributed by atoms with Gasteiger partial charge in [-0.25, -0.2) is 0 Å². The SMILES string of the molecule is Cc1cc(-c2nc(=S)[nH][nH]2)ccn1. The normalized spacial score (nSPS) is 10.2. The highest BCUT2D eigenvalue weighted by molar-refractivity contribution is 7.71. The zero-order valence-electron chi connectivity index (χ0n) is 7.03. The van der Waals surface area contributed by atoms with E-state index < -0.39 is 0 Å². The summed E-state index contributed by atoms with van der Waals surface area (Å²) >= 11 is 4.85. The van der Waals surface area contributed by atoms with Crippen molar-refractivity contribution in [3.63, 3.8) is 0 Å². The van der Waals surface area contributed by atoms with Crippen molar-refractivity contribution in [2.45, 2.75) is 6.92 Å². The molecule has 0 spiro atoms. The van der Waals surface area contributed by atoms with Gasteiger partial charge in [0.05, 0.1) is 0 Å². The molecule has 13 heavy (non-hydrogen) atoms. The van der Waals surface area contributed by atoms with Gasteiger partial charge in [0.25, 0.3) is 0 Å². The molecule has 4 nitrogen and oxygen atoms in total. The Morgan fingerprint density at radius 3 is 2.85 bits per heavy atom. The molecule has 0 fully saturated rings. The van der Waals surface area contributed by atoms with E-state index in [0.29, 0.717) is 4.77 Å². The molecule has 0 atom stereocenters. The minimum atomic E-state index is 0.462. The van der Waals surface area contributed by atoms with Crippen LogP contribution in [0.1, 0.15) is 5.69 Å². The van der Waals surface area contributed by atoms with E-state index in [1.807, 2.05) is 19.1 Å². The van der Waals surface area contributed by atoms with Gasteiger partial charge in [0.15, 0.2) is 5.82 Å². The summed E-state index contributed by atoms with van der Waals surface area (Å²) in [6.45, 7) is 1.94. The van der Waals surface area contributed by atoms with E-state index in [1.54, 1.807) is 6.20 Å². The first kappa shape index (κ1) is 8.12. The molecular weight excluding hydrogens is 184 g/mol. The first-order valence-electron chi connectivity index (χ1n) is 3.83. The third kappa shape index (κ3) is 1.65. The smallest absolute Gasteiger partial charge is 0.213 e. The van der Waals surface area contributed by atoms with Gasteiger partial charge in [0, 0.05) is 17.5 Å². The predicted molar refractivity (Wildman–Crippen MR) is 51.7 cm³/mol. The third-order valence-corrected chi connectivity index (χ3v) is 1.86. The largest absolute Gasteiger partial charge is 0.282 e. The molecule has 0 radical (unpaired) electrons. The lowest BCUT2D eigenvalue weighted by molar-refractivity contribution is 1.08. The molecule has 2 heterocycles. The fourth-order valence-electron chi connectivity index (χ4n) is 1.10. The van der Waals surface area contributed by atoms with Crippen molar-refractivity contribution in [2.24, 2.45) is 0 Å². The molecule has 2 aromatic heterocycles. The van der Waals surface area contributed by atoms with Crippen molar-refractivity contribution in [3.05, 3.63) is 28.8 Å². The molecule has 66 valence electrons. The minimum Gasteiger partial charge on any atom is -0.282 e. The quantitative estimate of drug-likeness (QED) is 0.678. The van der Waals surface area contributed by atoms with Crippen LogP contribution in [0.5, 0.6) is 0 Å². The monoisotopic (exact) mass is 192 g/mol. The molecule has 0 aliphatic heterocycles. The van der Waals surface area contributed by atoms with Gasteiger partial charge in [-0.05, 0) is 31.3 Å². The first-order valence-corrected chi connectivity index (χ1v) is 4.24. The number of aromatic nitrogens is 4. The minimum absolute atomic E-state index is 0.462. The van der Waals surface area contributed by atoms with Gasteiger partial charge in [0.2, 0.25) is 4.77 Å². The number of rotatable bonds is 1. The van der Waals surface area contributed by atoms with Gasteiger partial charge in [-0.3, -0.25) is 15.2 Å². The van der Waals surface area contributed by atoms with Crippen molar-refractivity contribution in [3.8, 4) is 11.4 Å². The number of hydrogen-bond donors (Lipinski definition) is 2. The second-order valence-corrected chi connectivity index (χ2v) is 3.09. The Balaban J connectivity index is 2.52. The first-order chi connectivity index (χ1) is 6.25. The second-order valence-electron chi connectivity index (χ2n) is 2.70. The van der Waals surface area contributed by atoms with Gasteiger partial charge in [0.1, 0.15) is 0 Å². The van der Waals surface area contributed by atoms with Crippen LogP contribution < -0.4 is 0 Å². The Morgan fingerprint density at radius 1 is 1.38 bits per heavy atom. The van der Waals surface area contributed by atoms with Crippen molar-refractivity contribution >= 4 is 12.2 Å². The predicted octanol–water partition coefficient (Wildman–Crippen LogP) is 1.84. The van der Waals surface area contributed by atoms with Crippen LogP contribution in [0.4, 0.5) is 0 Å². The van der Waals surface area contributed by atoms with Crippen molar-refractivity contribution in [2.75, 3.05) is 0 Å². The van der Waals surface area contributed by atoms with E-state index in [-0.39, 0.29) is 0 Å². The van der Waals surface area contributed by atoms with Crippen LogP contribution in [-0.2, 0) is 0 Å². The summed E-state index contributed by atoms with van der Waals surface area (Å²) in [6.07, 6.45) is 1.75. The lowest BCUT2D eigenvalue weighted by Gasteiger charge is -1.95. The molecule has 2 N–H and O–H groups in total. The average molecular weight is 192 g/mol. The molecule has 0 amide bonds. The summed E-state index contributed by atoms with van der Waals surface area (Å²) < 4.78 is 0.462. The zero-order valence-corrected chi connectivity index (χ0v) is 7.85. The van der Waals surface area contributed by atoms with Crippen LogP contribution in [0.15, 0.2) is 18.3 Å². The number of nitrogens with zero attached hydrogens (tertiary/aromatic N) is 2. The van der Waals surface area contributed by atoms with E-state index in [2.05, 4.69) is 20.2 Å². The molecule has 2 aromatic rings. The van der Waals surface area contributed by atoms with Gasteiger partial charge >= 0.3 is 0 Å². The molecule has 0 saturated heterocycles. The van der Waals surface area contributed by atoms with Crippen molar-refractivity contribution in [1.29, 1.82) is 0 Å². The van der Waals surface area contributed by atoms with E-state index >= 15 is 0 Å². The van der Waals surface area contributed by atoms with Gasteiger partial charge in [-0.2, -0.15) is 4.98 Å². The van der Waals surface area contributed by atoms with Crippen LogP contribution in [0.2, 0.25) is 0 Å². The molecule has 0 aliphatic carbocycles. The Morgan fingerprint density at radius 2 is 2.23 bits per heavy atom. The van der Waals surface area contributed by atoms with Crippen LogP contribution >= 0.6 is 12.2 Å². The maximum absolute atomic E-state index is 4.85. The molecule has 0 unspecified atom stereocenters. The Hall–Kier alpha value is -1.49. The van der Waals surface area contributed by atoms with Gasteiger partial charge in [-0.15, -0.1) is 0 Å². The van der Waals surface area contributed by atoms with Crippen molar-refractivity contribution < 1.29 is 0 Å². The summed E-state index contributed by atoms with van der Waals surface area (Å²) in [5.41, 5.74) is 1.94. The van der Waals surface area contributed by atoms with Gasteiger partial charge in [-0.1, -0.05) is 0 Å². The zero-order chi connectivity index (χ0) is 9.26. The summed E-state index contributed by atoms with van der Waals surface area (Å²) in [5.74, 6) is 0.746. The average Bonchev–Trinajstić information content (AvgIpc) is 2.52. The number of pyridine rings is 1. The number of aryl methyl sites for hydroxylation is 1. The van der Waals surface area contributed by atoms with E-state index in [1.165, 1.54) is 0 Å². The second kappa shape index (κ2) is 3.10. The summed E-state index contributed by atoms with van der Waals surface area (Å²) in [7, 11) is 0. The van der Waals surface area contributed by atoms with Crippen LogP contribution in [0.25, 0.3) is 11.4 Å². The molecule has 0 aromatic carbocycles. The molecule has 0 bridgehead atoms. The lowest BCUT2D eigenvalue weighted by atomic mass is 10.2. The van der Waals surface area contributed by atoms with Gasteiger partial charge < -0.3 is 0 Å². The molecule has 5 heteroatoms. The van der Waals surface area contributed by atoms with Crippen molar-refractivity contribution in [1.82, 2.24) is 20.2 Å². The maximum atomic E-state index is 4.85. The maximum Gasteiger partial charge on any atom is 0.213 e. The number of aromatic amines is 2. The van der Waals surface area contributed by atoms with E-state index in [9.17, 15) is 0 Å². The molecule has 2 rings (SSSR count). The number of nitrogens with one attached hydrogen (secondary N) is 2. The summed E-state index contributed by atoms with van der Waals surface area (Å²) in [4.78, 5) is 8.19. The number of H-pyrrole nitrogens is 2. The summed E-state index contributed by atoms with van der Waals surface area (Å²) in [6, 6.07) is 3.83. The lowest BCUT2D eigenvalue weighted by Crippen LogP contribution is -1.84. The van der Waals surface area contributed by atoms with E-state index in [4.69, 9.17) is 12.2 Å².